The Bertz CT molecular complexity index is 550. The van der Waals surface area contributed by atoms with Crippen LogP contribution in [-0.4, -0.2) is 27.8 Å². The molecule has 0 radical (unpaired) electrons. The number of nitrogens with zero attached hydrogens (tertiary/aromatic N) is 5. The third-order valence-electron chi connectivity index (χ3n) is 2.88. The summed E-state index contributed by atoms with van der Waals surface area (Å²) in [5.74, 6) is 0. The summed E-state index contributed by atoms with van der Waals surface area (Å²) in [7, 11) is 9.67. The molecule has 1 rings (SSSR count). The van der Waals surface area contributed by atoms with E-state index in [2.05, 4.69) is 44.7 Å². The summed E-state index contributed by atoms with van der Waals surface area (Å²) in [6, 6.07) is 4.12. The Labute approximate surface area is 181 Å². The van der Waals surface area contributed by atoms with Crippen molar-refractivity contribution in [3.05, 3.63) is 50.9 Å². The number of rotatable bonds is 4. The Morgan fingerprint density at radius 3 is 1.32 bits per heavy atom. The summed E-state index contributed by atoms with van der Waals surface area (Å²) in [5, 5.41) is 48.4. The molecule has 9 nitrogen and oxygen atoms in total. The van der Waals surface area contributed by atoms with Crippen LogP contribution >= 0.6 is 19.4 Å². The third-order valence-corrected chi connectivity index (χ3v) is 2.88. The fraction of sp³-hybridized carbons (Fsp3) is 0.438. The van der Waals surface area contributed by atoms with E-state index in [4.69, 9.17) is 19.4 Å². The first-order chi connectivity index (χ1) is 13.3. The molecule has 0 N–H and O–H groups in total. The van der Waals surface area contributed by atoms with Crippen molar-refractivity contribution in [2.45, 2.75) is 47.5 Å². The number of aromatic nitrogens is 1. The van der Waals surface area contributed by atoms with Gasteiger partial charge in [-0.05, 0) is 51.8 Å². The van der Waals surface area contributed by atoms with Crippen molar-refractivity contribution in [3.8, 4) is 0 Å². The summed E-state index contributed by atoms with van der Waals surface area (Å²) in [6.45, 7) is 7.92. The molecule has 0 amide bonds. The first-order valence-electron chi connectivity index (χ1n) is 7.70. The van der Waals surface area contributed by atoms with Gasteiger partial charge in [0.1, 0.15) is 0 Å². The van der Waals surface area contributed by atoms with Crippen molar-refractivity contribution >= 4 is 42.2 Å². The normalized spacial score (nSPS) is 12.0. The Kier molecular flexibility index (Phi) is 25.7. The maximum absolute atomic E-state index is 9.60. The third kappa shape index (κ3) is 20.5. The van der Waals surface area contributed by atoms with E-state index >= 15 is 0 Å². The molecule has 0 aromatic carbocycles. The Morgan fingerprint density at radius 1 is 0.821 bits per heavy atom. The van der Waals surface area contributed by atoms with Gasteiger partial charge < -0.3 is 41.5 Å². The van der Waals surface area contributed by atoms with Crippen molar-refractivity contribution in [2.75, 3.05) is 0 Å². The van der Waals surface area contributed by atoms with Gasteiger partial charge in [0, 0.05) is 35.2 Å². The molecular formula is C16H23Cl2N5O4Rh-3. The van der Waals surface area contributed by atoms with Crippen molar-refractivity contribution in [1.82, 2.24) is 4.98 Å². The molecule has 0 fully saturated rings. The van der Waals surface area contributed by atoms with E-state index in [1.165, 1.54) is 46.1 Å². The zero-order valence-corrected chi connectivity index (χ0v) is 19.3. The van der Waals surface area contributed by atoms with Gasteiger partial charge in [-0.1, -0.05) is 13.3 Å². The minimum absolute atomic E-state index is 0.139. The van der Waals surface area contributed by atoms with Gasteiger partial charge in [0.05, 0.1) is 0 Å². The summed E-state index contributed by atoms with van der Waals surface area (Å²) in [5.41, 5.74) is 1.94. The first kappa shape index (κ1) is 30.9. The van der Waals surface area contributed by atoms with Gasteiger partial charge in [-0.3, -0.25) is 4.98 Å². The molecule has 0 saturated heterocycles. The van der Waals surface area contributed by atoms with Gasteiger partial charge >= 0.3 is 34.5 Å². The standard InChI is InChI=1S/C8H11N.2C4H8N2O2.2ClH.Rh/c1-2-3-8-4-6-9-7-5-8;2*1-3(5-7)4(2)6-8;;;/h4-7H,2-3H2,1H3;2*7-8H,1-2H3;2*1H;/q;;;;;+3/p-6. The second-order valence-corrected chi connectivity index (χ2v) is 7.35. The predicted octanol–water partition coefficient (Wildman–Crippen LogP) is 5.22. The number of hydrogen-bond acceptors (Lipinski definition) is 9. The van der Waals surface area contributed by atoms with Gasteiger partial charge in [0.15, 0.2) is 0 Å². The second-order valence-electron chi connectivity index (χ2n) is 4.86. The zero-order valence-electron chi connectivity index (χ0n) is 16.2. The van der Waals surface area contributed by atoms with Crippen molar-refractivity contribution < 1.29 is 15.1 Å². The van der Waals surface area contributed by atoms with E-state index in [9.17, 15) is 20.8 Å². The summed E-state index contributed by atoms with van der Waals surface area (Å²) in [6.07, 6.45) is 6.06. The molecule has 0 aliphatic rings. The van der Waals surface area contributed by atoms with Crippen LogP contribution in [0, 0.1) is 20.8 Å². The second kappa shape index (κ2) is 23.3. The van der Waals surface area contributed by atoms with Crippen molar-refractivity contribution in [2.24, 2.45) is 20.6 Å². The molecule has 1 aromatic rings. The number of pyridine rings is 1. The van der Waals surface area contributed by atoms with Gasteiger partial charge in [-0.25, -0.2) is 0 Å². The molecule has 12 heteroatoms. The average molecular weight is 523 g/mol. The van der Waals surface area contributed by atoms with Crippen molar-refractivity contribution in [1.29, 1.82) is 0 Å². The fourth-order valence-electron chi connectivity index (χ4n) is 1.10. The Morgan fingerprint density at radius 2 is 1.11 bits per heavy atom. The molecule has 0 saturated carbocycles. The van der Waals surface area contributed by atoms with E-state index in [1.807, 2.05) is 12.4 Å². The van der Waals surface area contributed by atoms with Crippen LogP contribution in [0.2, 0.25) is 0 Å². The molecule has 1 aromatic heterocycles. The monoisotopic (exact) mass is 522 g/mol. The topological polar surface area (TPSA) is 155 Å². The molecular weight excluding hydrogens is 500 g/mol. The average Bonchev–Trinajstić information content (AvgIpc) is 2.73. The van der Waals surface area contributed by atoms with E-state index in [-0.39, 0.29) is 38.0 Å². The van der Waals surface area contributed by atoms with Gasteiger partial charge in [0.25, 0.3) is 0 Å². The van der Waals surface area contributed by atoms with E-state index in [0.29, 0.717) is 0 Å². The summed E-state index contributed by atoms with van der Waals surface area (Å²) >= 11 is -0.226. The van der Waals surface area contributed by atoms with E-state index in [1.54, 1.807) is 0 Å². The summed E-state index contributed by atoms with van der Waals surface area (Å²) < 4.78 is 0. The van der Waals surface area contributed by atoms with E-state index < -0.39 is 0 Å². The molecule has 0 unspecified atom stereocenters. The molecule has 162 valence electrons. The molecule has 0 aliphatic carbocycles. The van der Waals surface area contributed by atoms with Crippen molar-refractivity contribution in [3.63, 3.8) is 0 Å². The predicted molar refractivity (Wildman–Crippen MR) is 116 cm³/mol. The molecule has 0 atom stereocenters. The van der Waals surface area contributed by atoms with Crippen LogP contribution in [0.4, 0.5) is 0 Å². The van der Waals surface area contributed by atoms with Gasteiger partial charge in [0.2, 0.25) is 0 Å². The van der Waals surface area contributed by atoms with Crippen LogP contribution in [0.5, 0.6) is 0 Å². The van der Waals surface area contributed by atoms with Crippen LogP contribution in [0.3, 0.4) is 0 Å². The summed E-state index contributed by atoms with van der Waals surface area (Å²) in [4.78, 5) is 3.93. The molecule has 0 aliphatic heterocycles. The molecule has 0 spiro atoms. The van der Waals surface area contributed by atoms with Crippen LogP contribution in [0.25, 0.3) is 0 Å². The quantitative estimate of drug-likeness (QED) is 0.301. The van der Waals surface area contributed by atoms with Gasteiger partial charge in [-0.2, -0.15) is 0 Å². The van der Waals surface area contributed by atoms with Crippen LogP contribution in [0.1, 0.15) is 46.6 Å². The first-order valence-corrected chi connectivity index (χ1v) is 11.9. The van der Waals surface area contributed by atoms with Crippen LogP contribution < -0.4 is 0 Å². The van der Waals surface area contributed by atoms with E-state index in [0.717, 1.165) is 0 Å². The van der Waals surface area contributed by atoms with Crippen LogP contribution in [-0.2, 0) is 21.6 Å². The maximum atomic E-state index is 9.60. The van der Waals surface area contributed by atoms with Gasteiger partial charge in [-0.15, -0.1) is 0 Å². The molecule has 1 heterocycles. The Balaban J connectivity index is -0.000000313. The molecule has 0 bridgehead atoms. The molecule has 28 heavy (non-hydrogen) atoms. The number of halogens is 2. The minimum atomic E-state index is -0.226. The van der Waals surface area contributed by atoms with Crippen LogP contribution in [0.15, 0.2) is 45.1 Å². The Hall–Kier alpha value is -1.77. The fourth-order valence-corrected chi connectivity index (χ4v) is 1.10. The number of aryl methyl sites for hydroxylation is 1. The number of hydrogen-bond donors (Lipinski definition) is 0. The SMILES string of the molecule is CC(=N[O-])C(C)=N[O-].CC(=N[O-])C(C)=N[O-].CCCc1ccncc1.[Cl][Rh+][Cl]. The zero-order chi connectivity index (χ0) is 22.4.